The van der Waals surface area contributed by atoms with Gasteiger partial charge in [-0.25, -0.2) is 0 Å². The zero-order valence-corrected chi connectivity index (χ0v) is 10.9. The predicted molar refractivity (Wildman–Crippen MR) is 78.0 cm³/mol. The second-order valence-corrected chi connectivity index (χ2v) is 4.15. The number of nitrogens with one attached hydrogen (secondary N) is 1. The summed E-state index contributed by atoms with van der Waals surface area (Å²) in [4.78, 5) is 12.4. The summed E-state index contributed by atoms with van der Waals surface area (Å²) in [7, 11) is 1.54. The number of nitrogen functional groups attached to an aromatic ring is 1. The Morgan fingerprint density at radius 1 is 1.15 bits per heavy atom. The fraction of sp³-hybridized carbons (Fsp3) is 0.0714. The Labute approximate surface area is 115 Å². The van der Waals surface area contributed by atoms with E-state index in [1.807, 2.05) is 30.3 Å². The Morgan fingerprint density at radius 3 is 2.90 bits per heavy atom. The second-order valence-electron chi connectivity index (χ2n) is 4.15. The maximum Gasteiger partial charge on any atom is 0.225 e. The minimum absolute atomic E-state index is 0.158. The second kappa shape index (κ2) is 5.00. The number of hydrogen-bond acceptors (Lipinski definition) is 6. The molecule has 6 heteroatoms. The van der Waals surface area contributed by atoms with E-state index in [1.165, 1.54) is 7.11 Å². The van der Waals surface area contributed by atoms with Crippen LogP contribution in [0.25, 0.3) is 10.9 Å². The summed E-state index contributed by atoms with van der Waals surface area (Å²) in [5, 5.41) is 4.22. The Hall–Kier alpha value is -2.89. The molecule has 0 atom stereocenters. The van der Waals surface area contributed by atoms with Crippen LogP contribution in [0, 0.1) is 0 Å². The van der Waals surface area contributed by atoms with Gasteiger partial charge in [0.05, 0.1) is 12.6 Å². The first-order chi connectivity index (χ1) is 9.76. The summed E-state index contributed by atoms with van der Waals surface area (Å²) in [6.07, 6.45) is 1.76. The first-order valence-electron chi connectivity index (χ1n) is 6.05. The molecule has 0 spiro atoms. The van der Waals surface area contributed by atoms with E-state index in [1.54, 1.807) is 12.3 Å². The van der Waals surface area contributed by atoms with Crippen LogP contribution in [0.1, 0.15) is 0 Å². The summed E-state index contributed by atoms with van der Waals surface area (Å²) in [5.74, 6) is 1.15. The molecule has 2 heterocycles. The minimum Gasteiger partial charge on any atom is -0.481 e. The molecule has 0 bridgehead atoms. The number of methoxy groups -OCH3 is 1. The van der Waals surface area contributed by atoms with Gasteiger partial charge in [0.15, 0.2) is 0 Å². The number of pyridine rings is 1. The monoisotopic (exact) mass is 267 g/mol. The molecule has 3 N–H and O–H groups in total. The Kier molecular flexibility index (Phi) is 3.04. The number of ether oxygens (including phenoxy) is 1. The third-order valence-corrected chi connectivity index (χ3v) is 2.84. The molecule has 0 aliphatic heterocycles. The summed E-state index contributed by atoms with van der Waals surface area (Å²) < 4.78 is 5.08. The molecule has 1 aromatic carbocycles. The highest BCUT2D eigenvalue weighted by Crippen LogP contribution is 2.25. The number of rotatable bonds is 3. The summed E-state index contributed by atoms with van der Waals surface area (Å²) in [6, 6.07) is 11.4. The van der Waals surface area contributed by atoms with Crippen molar-refractivity contribution in [2.75, 3.05) is 18.2 Å². The van der Waals surface area contributed by atoms with Crippen molar-refractivity contribution in [2.45, 2.75) is 0 Å². The van der Waals surface area contributed by atoms with Gasteiger partial charge in [-0.1, -0.05) is 6.07 Å². The highest BCUT2D eigenvalue weighted by molar-refractivity contribution is 5.92. The molecule has 0 aliphatic carbocycles. The van der Waals surface area contributed by atoms with Gasteiger partial charge in [0.25, 0.3) is 0 Å². The van der Waals surface area contributed by atoms with Crippen molar-refractivity contribution >= 4 is 28.4 Å². The van der Waals surface area contributed by atoms with E-state index in [0.717, 1.165) is 16.6 Å². The molecule has 0 saturated heterocycles. The minimum atomic E-state index is 0.158. The highest BCUT2D eigenvalue weighted by Gasteiger charge is 2.05. The number of hydrogen-bond donors (Lipinski definition) is 2. The summed E-state index contributed by atoms with van der Waals surface area (Å²) >= 11 is 0. The normalized spacial score (nSPS) is 10.4. The summed E-state index contributed by atoms with van der Waals surface area (Å²) in [6.45, 7) is 0. The maximum absolute atomic E-state index is 5.65. The lowest BCUT2D eigenvalue weighted by Crippen LogP contribution is -2.02. The average molecular weight is 267 g/mol. The van der Waals surface area contributed by atoms with Gasteiger partial charge in [0, 0.05) is 23.3 Å². The quantitative estimate of drug-likeness (QED) is 0.757. The molecule has 3 rings (SSSR count). The van der Waals surface area contributed by atoms with E-state index < -0.39 is 0 Å². The zero-order chi connectivity index (χ0) is 13.9. The third-order valence-electron chi connectivity index (χ3n) is 2.84. The molecule has 6 nitrogen and oxygen atoms in total. The molecule has 0 aliphatic rings. The van der Waals surface area contributed by atoms with Gasteiger partial charge in [-0.15, -0.1) is 0 Å². The largest absolute Gasteiger partial charge is 0.481 e. The number of fused-ring (bicyclic) bond motifs is 1. The van der Waals surface area contributed by atoms with Crippen molar-refractivity contribution in [3.8, 4) is 5.88 Å². The van der Waals surface area contributed by atoms with Crippen molar-refractivity contribution in [1.29, 1.82) is 0 Å². The van der Waals surface area contributed by atoms with Crippen LogP contribution >= 0.6 is 0 Å². The van der Waals surface area contributed by atoms with Crippen molar-refractivity contribution in [2.24, 2.45) is 0 Å². The molecule has 3 aromatic rings. The van der Waals surface area contributed by atoms with Crippen molar-refractivity contribution in [3.05, 3.63) is 42.6 Å². The van der Waals surface area contributed by atoms with E-state index in [4.69, 9.17) is 10.5 Å². The van der Waals surface area contributed by atoms with Gasteiger partial charge in [0.2, 0.25) is 11.8 Å². The van der Waals surface area contributed by atoms with Crippen LogP contribution in [0.3, 0.4) is 0 Å². The van der Waals surface area contributed by atoms with E-state index >= 15 is 0 Å². The number of benzene rings is 1. The fourth-order valence-corrected chi connectivity index (χ4v) is 1.96. The Bertz CT molecular complexity index is 754. The Morgan fingerprint density at radius 2 is 2.05 bits per heavy atom. The van der Waals surface area contributed by atoms with Crippen molar-refractivity contribution in [3.63, 3.8) is 0 Å². The molecule has 20 heavy (non-hydrogen) atoms. The zero-order valence-electron chi connectivity index (χ0n) is 10.9. The standard InChI is InChI=1S/C14H13N5O/c1-20-13-8-12(18-14(15)19-13)17-11-6-2-5-10-9(11)4-3-7-16-10/h2-8H,1H3,(H3,15,17,18,19). The van der Waals surface area contributed by atoms with Crippen molar-refractivity contribution < 1.29 is 4.74 Å². The van der Waals surface area contributed by atoms with E-state index in [-0.39, 0.29) is 5.95 Å². The van der Waals surface area contributed by atoms with Crippen LogP contribution in [0.4, 0.5) is 17.5 Å². The number of aromatic nitrogens is 3. The highest BCUT2D eigenvalue weighted by atomic mass is 16.5. The van der Waals surface area contributed by atoms with Gasteiger partial charge < -0.3 is 15.8 Å². The SMILES string of the molecule is COc1cc(Nc2cccc3ncccc23)nc(N)n1. The van der Waals surface area contributed by atoms with Crippen LogP contribution in [0.2, 0.25) is 0 Å². The average Bonchev–Trinajstić information content (AvgIpc) is 2.47. The van der Waals surface area contributed by atoms with Gasteiger partial charge in [-0.3, -0.25) is 4.98 Å². The van der Waals surface area contributed by atoms with Crippen LogP contribution in [0.5, 0.6) is 5.88 Å². The molecular formula is C14H13N5O. The van der Waals surface area contributed by atoms with Crippen molar-refractivity contribution in [1.82, 2.24) is 15.0 Å². The van der Waals surface area contributed by atoms with Crippen LogP contribution in [0.15, 0.2) is 42.6 Å². The molecule has 100 valence electrons. The van der Waals surface area contributed by atoms with Gasteiger partial charge in [-0.05, 0) is 24.3 Å². The fourth-order valence-electron chi connectivity index (χ4n) is 1.96. The molecular weight excluding hydrogens is 254 g/mol. The van der Waals surface area contributed by atoms with E-state index in [9.17, 15) is 0 Å². The molecule has 0 saturated carbocycles. The lowest BCUT2D eigenvalue weighted by atomic mass is 10.2. The first kappa shape index (κ1) is 12.2. The topological polar surface area (TPSA) is 86.0 Å². The lowest BCUT2D eigenvalue weighted by molar-refractivity contribution is 0.398. The lowest BCUT2D eigenvalue weighted by Gasteiger charge is -2.10. The molecule has 0 radical (unpaired) electrons. The summed E-state index contributed by atoms with van der Waals surface area (Å²) in [5.41, 5.74) is 7.45. The molecule has 0 amide bonds. The maximum atomic E-state index is 5.65. The Balaban J connectivity index is 2.03. The number of anilines is 3. The van der Waals surface area contributed by atoms with E-state index in [0.29, 0.717) is 11.7 Å². The van der Waals surface area contributed by atoms with Crippen LogP contribution in [-0.2, 0) is 0 Å². The van der Waals surface area contributed by atoms with Crippen LogP contribution < -0.4 is 15.8 Å². The number of nitrogens with zero attached hydrogens (tertiary/aromatic N) is 3. The van der Waals surface area contributed by atoms with Gasteiger partial charge >= 0.3 is 0 Å². The van der Waals surface area contributed by atoms with E-state index in [2.05, 4.69) is 20.3 Å². The smallest absolute Gasteiger partial charge is 0.225 e. The van der Waals surface area contributed by atoms with Crippen LogP contribution in [-0.4, -0.2) is 22.1 Å². The number of nitrogens with two attached hydrogens (primary N) is 1. The molecule has 0 unspecified atom stereocenters. The van der Waals surface area contributed by atoms with Gasteiger partial charge in [0.1, 0.15) is 5.82 Å². The van der Waals surface area contributed by atoms with Gasteiger partial charge in [-0.2, -0.15) is 9.97 Å². The first-order valence-corrected chi connectivity index (χ1v) is 6.05. The molecule has 2 aromatic heterocycles. The predicted octanol–water partition coefficient (Wildman–Crippen LogP) is 2.36. The third kappa shape index (κ3) is 2.31. The molecule has 0 fully saturated rings.